The molecule has 0 atom stereocenters. The van der Waals surface area contributed by atoms with Crippen LogP contribution in [0.25, 0.3) is 22.4 Å². The Morgan fingerprint density at radius 1 is 1.06 bits per heavy atom. The molecule has 1 N–H and O–H groups in total. The van der Waals surface area contributed by atoms with Crippen molar-refractivity contribution in [1.82, 2.24) is 25.0 Å². The average Bonchev–Trinajstić information content (AvgIpc) is 3.43. The summed E-state index contributed by atoms with van der Waals surface area (Å²) in [6, 6.07) is 15.4. The topological polar surface area (TPSA) is 76.2 Å². The van der Waals surface area contributed by atoms with Crippen molar-refractivity contribution in [3.05, 3.63) is 71.2 Å². The average molecular weight is 464 g/mol. The molecule has 170 valence electrons. The van der Waals surface area contributed by atoms with Crippen LogP contribution in [0.4, 0.5) is 0 Å². The first-order chi connectivity index (χ1) is 16.2. The number of carbonyl (C=O) groups is 1. The number of halogens is 1. The van der Waals surface area contributed by atoms with Crippen LogP contribution in [0, 0.1) is 0 Å². The minimum Gasteiger partial charge on any atom is -0.419 e. The van der Waals surface area contributed by atoms with Crippen molar-refractivity contribution >= 4 is 28.4 Å². The molecule has 2 aromatic heterocycles. The van der Waals surface area contributed by atoms with Crippen molar-refractivity contribution in [1.29, 1.82) is 0 Å². The Balaban J connectivity index is 1.32. The summed E-state index contributed by atoms with van der Waals surface area (Å²) in [6.45, 7) is 3.44. The van der Waals surface area contributed by atoms with Crippen LogP contribution in [0.5, 0.6) is 0 Å². The van der Waals surface area contributed by atoms with Crippen LogP contribution < -0.4 is 5.32 Å². The largest absolute Gasteiger partial charge is 0.419 e. The molecule has 1 aliphatic rings. The lowest BCUT2D eigenvalue weighted by molar-refractivity contribution is -0.121. The van der Waals surface area contributed by atoms with Crippen LogP contribution in [0.1, 0.15) is 30.7 Å². The normalized spacial score (nSPS) is 14.6. The summed E-state index contributed by atoms with van der Waals surface area (Å²) in [5.41, 5.74) is 2.74. The van der Waals surface area contributed by atoms with Crippen LogP contribution in [-0.2, 0) is 24.4 Å². The Hall–Kier alpha value is -3.16. The second-order valence-corrected chi connectivity index (χ2v) is 8.87. The monoisotopic (exact) mass is 463 g/mol. The van der Waals surface area contributed by atoms with Crippen LogP contribution in [0.3, 0.4) is 0 Å². The number of nitrogens with zero attached hydrogens (tertiary/aromatic N) is 4. The maximum absolute atomic E-state index is 12.7. The molecule has 0 aliphatic carbocycles. The summed E-state index contributed by atoms with van der Waals surface area (Å²) in [7, 11) is 0. The van der Waals surface area contributed by atoms with E-state index in [1.807, 2.05) is 59.3 Å². The first-order valence-corrected chi connectivity index (χ1v) is 11.7. The smallest absolute Gasteiger partial charge is 0.249 e. The lowest BCUT2D eigenvalue weighted by atomic mass is 10.1. The SMILES string of the molecule is O=C(Cn1cc(-c2nnc(CN3CCCCC3)o2)c2ccccc21)NCc1cccc(Cl)c1. The van der Waals surface area contributed by atoms with Gasteiger partial charge in [0.15, 0.2) is 0 Å². The Morgan fingerprint density at radius 2 is 1.91 bits per heavy atom. The molecular formula is C25H26ClN5O2. The number of nitrogens with one attached hydrogen (secondary N) is 1. The van der Waals surface area contributed by atoms with E-state index in [0.717, 1.165) is 35.1 Å². The van der Waals surface area contributed by atoms with E-state index in [4.69, 9.17) is 16.0 Å². The molecule has 1 amide bonds. The highest BCUT2D eigenvalue weighted by atomic mass is 35.5. The molecule has 8 heteroatoms. The second kappa shape index (κ2) is 9.77. The second-order valence-electron chi connectivity index (χ2n) is 8.43. The van der Waals surface area contributed by atoms with Gasteiger partial charge in [0.2, 0.25) is 17.7 Å². The van der Waals surface area contributed by atoms with E-state index in [2.05, 4.69) is 20.4 Å². The molecular weight excluding hydrogens is 438 g/mol. The number of likely N-dealkylation sites (tertiary alicyclic amines) is 1. The van der Waals surface area contributed by atoms with Gasteiger partial charge in [-0.3, -0.25) is 9.69 Å². The number of benzene rings is 2. The molecule has 0 saturated carbocycles. The van der Waals surface area contributed by atoms with E-state index >= 15 is 0 Å². The summed E-state index contributed by atoms with van der Waals surface area (Å²) < 4.78 is 7.95. The zero-order valence-electron chi connectivity index (χ0n) is 18.3. The van der Waals surface area contributed by atoms with Crippen molar-refractivity contribution < 1.29 is 9.21 Å². The Morgan fingerprint density at radius 3 is 2.76 bits per heavy atom. The van der Waals surface area contributed by atoms with Gasteiger partial charge in [0.1, 0.15) is 6.54 Å². The van der Waals surface area contributed by atoms with Crippen molar-refractivity contribution in [2.75, 3.05) is 13.1 Å². The molecule has 0 radical (unpaired) electrons. The predicted molar refractivity (Wildman–Crippen MR) is 128 cm³/mol. The van der Waals surface area contributed by atoms with Crippen LogP contribution in [-0.4, -0.2) is 38.7 Å². The molecule has 0 spiro atoms. The standard InChI is InChI=1S/C25H26ClN5O2/c26-19-8-6-7-18(13-19)14-27-23(32)16-31-15-21(20-9-2-3-10-22(20)31)25-29-28-24(33-25)17-30-11-4-1-5-12-30/h2-3,6-10,13,15H,1,4-5,11-12,14,16-17H2,(H,27,32). The van der Waals surface area contributed by atoms with E-state index in [1.54, 1.807) is 0 Å². The molecule has 0 bridgehead atoms. The van der Waals surface area contributed by atoms with Crippen LogP contribution >= 0.6 is 11.6 Å². The number of rotatable bonds is 7. The summed E-state index contributed by atoms with van der Waals surface area (Å²) in [4.78, 5) is 15.0. The maximum atomic E-state index is 12.7. The van der Waals surface area contributed by atoms with Gasteiger partial charge in [0.25, 0.3) is 0 Å². The number of amides is 1. The number of hydrogen-bond acceptors (Lipinski definition) is 5. The molecule has 1 aliphatic heterocycles. The third kappa shape index (κ3) is 5.10. The van der Waals surface area contributed by atoms with Gasteiger partial charge in [-0.05, 0) is 49.7 Å². The number of fused-ring (bicyclic) bond motifs is 1. The van der Waals surface area contributed by atoms with Crippen molar-refractivity contribution in [2.45, 2.75) is 38.9 Å². The number of hydrogen-bond donors (Lipinski definition) is 1. The molecule has 1 fully saturated rings. The van der Waals surface area contributed by atoms with Crippen LogP contribution in [0.2, 0.25) is 5.02 Å². The third-order valence-electron chi connectivity index (χ3n) is 5.99. The van der Waals surface area contributed by atoms with Gasteiger partial charge >= 0.3 is 0 Å². The molecule has 0 unspecified atom stereocenters. The Kier molecular flexibility index (Phi) is 6.41. The van der Waals surface area contributed by atoms with Gasteiger partial charge in [-0.1, -0.05) is 48.4 Å². The van der Waals surface area contributed by atoms with E-state index in [1.165, 1.54) is 19.3 Å². The summed E-state index contributed by atoms with van der Waals surface area (Å²) in [5.74, 6) is 1.03. The minimum atomic E-state index is -0.0846. The molecule has 5 rings (SSSR count). The summed E-state index contributed by atoms with van der Waals surface area (Å²) in [5, 5.41) is 13.2. The van der Waals surface area contributed by atoms with Crippen molar-refractivity contribution in [3.63, 3.8) is 0 Å². The zero-order valence-corrected chi connectivity index (χ0v) is 19.1. The molecule has 2 aromatic carbocycles. The fraction of sp³-hybridized carbons (Fsp3) is 0.320. The lowest BCUT2D eigenvalue weighted by Gasteiger charge is -2.24. The minimum absolute atomic E-state index is 0.0846. The Bertz CT molecular complexity index is 1260. The number of carbonyl (C=O) groups excluding carboxylic acids is 1. The Labute approximate surface area is 197 Å². The van der Waals surface area contributed by atoms with Gasteiger partial charge in [-0.15, -0.1) is 10.2 Å². The number of aromatic nitrogens is 3. The van der Waals surface area contributed by atoms with Gasteiger partial charge in [-0.25, -0.2) is 0 Å². The van der Waals surface area contributed by atoms with Gasteiger partial charge in [0.05, 0.1) is 12.1 Å². The van der Waals surface area contributed by atoms with Gasteiger partial charge in [0, 0.05) is 28.7 Å². The molecule has 4 aromatic rings. The van der Waals surface area contributed by atoms with Crippen molar-refractivity contribution in [3.8, 4) is 11.5 Å². The molecule has 1 saturated heterocycles. The summed E-state index contributed by atoms with van der Waals surface area (Å²) >= 11 is 6.03. The zero-order chi connectivity index (χ0) is 22.6. The maximum Gasteiger partial charge on any atom is 0.249 e. The number of piperidine rings is 1. The highest BCUT2D eigenvalue weighted by molar-refractivity contribution is 6.30. The van der Waals surface area contributed by atoms with Crippen molar-refractivity contribution in [2.24, 2.45) is 0 Å². The van der Waals surface area contributed by atoms with Gasteiger partial charge in [-0.2, -0.15) is 0 Å². The number of para-hydroxylation sites is 1. The fourth-order valence-electron chi connectivity index (χ4n) is 4.34. The first-order valence-electron chi connectivity index (χ1n) is 11.3. The van der Waals surface area contributed by atoms with E-state index in [9.17, 15) is 4.79 Å². The highest BCUT2D eigenvalue weighted by Crippen LogP contribution is 2.30. The lowest BCUT2D eigenvalue weighted by Crippen LogP contribution is -2.29. The molecule has 3 heterocycles. The third-order valence-corrected chi connectivity index (χ3v) is 6.22. The van der Waals surface area contributed by atoms with Gasteiger partial charge < -0.3 is 14.3 Å². The molecule has 33 heavy (non-hydrogen) atoms. The quantitative estimate of drug-likeness (QED) is 0.432. The highest BCUT2D eigenvalue weighted by Gasteiger charge is 2.19. The predicted octanol–water partition coefficient (Wildman–Crippen LogP) is 4.65. The van der Waals surface area contributed by atoms with E-state index in [0.29, 0.717) is 29.9 Å². The van der Waals surface area contributed by atoms with E-state index < -0.39 is 0 Å². The van der Waals surface area contributed by atoms with Crippen LogP contribution in [0.15, 0.2) is 59.1 Å². The first kappa shape index (κ1) is 21.7. The summed E-state index contributed by atoms with van der Waals surface area (Å²) in [6.07, 6.45) is 5.64. The fourth-order valence-corrected chi connectivity index (χ4v) is 4.55. The molecule has 7 nitrogen and oxygen atoms in total. The van der Waals surface area contributed by atoms with E-state index in [-0.39, 0.29) is 12.5 Å².